The number of benzene rings is 4. The fraction of sp³-hybridized carbons (Fsp3) is 0.250. The molecule has 0 spiro atoms. The minimum atomic E-state index is -0.141. The van der Waals surface area contributed by atoms with Crippen LogP contribution in [-0.4, -0.2) is 90.1 Å². The maximum Gasteiger partial charge on any atom is 0.251 e. The third-order valence-corrected chi connectivity index (χ3v) is 10.9. The predicted molar refractivity (Wildman–Crippen MR) is 248 cm³/mol. The molecule has 0 atom stereocenters. The Morgan fingerprint density at radius 1 is 0.603 bits per heavy atom. The summed E-state index contributed by atoms with van der Waals surface area (Å²) >= 11 is 6.34. The molecule has 0 aliphatic carbocycles. The summed E-state index contributed by atoms with van der Waals surface area (Å²) in [6.45, 7) is 7.28. The standard InChI is InChI=1S/C24H24N6O.C21H18ClN5O.C3H7N/c31-24(26-10-4-12-29-15-11-25-17-29)19-8-9-20-21(16-19)28-23(30-13-5-14-30)22(27-20)18-6-2-1-3-7-18;22-20-19(15-5-2-1-3-6-15)25-17-8-7-16(13-18(17)26-20)21(28)24-9-4-11-27-12-10-23-14-27;1-2-4-3-1/h1-3,6-9,11,15-17H,4-5,10,12-14H2,(H,26,31);1-3,5-8,10,12-14H,4,9,11H2,(H,24,28);4H,1-3H2. The Morgan fingerprint density at radius 3 is 1.56 bits per heavy atom. The van der Waals surface area contributed by atoms with Crippen LogP contribution in [0.5, 0.6) is 0 Å². The lowest BCUT2D eigenvalue weighted by Crippen LogP contribution is -2.38. The second-order valence-corrected chi connectivity index (χ2v) is 15.5. The molecule has 2 amide bonds. The van der Waals surface area contributed by atoms with Crippen LogP contribution < -0.4 is 20.9 Å². The maximum atomic E-state index is 12.6. The molecule has 63 heavy (non-hydrogen) atoms. The summed E-state index contributed by atoms with van der Waals surface area (Å²) in [4.78, 5) is 54.2. The Kier molecular flexibility index (Phi) is 14.3. The molecule has 4 aromatic heterocycles. The van der Waals surface area contributed by atoms with Gasteiger partial charge in [0.1, 0.15) is 11.4 Å². The van der Waals surface area contributed by atoms with Gasteiger partial charge in [-0.05, 0) is 75.2 Å². The predicted octanol–water partition coefficient (Wildman–Crippen LogP) is 7.47. The van der Waals surface area contributed by atoms with Crippen LogP contribution in [0.3, 0.4) is 0 Å². The van der Waals surface area contributed by atoms with E-state index in [1.807, 2.05) is 88.3 Å². The van der Waals surface area contributed by atoms with Gasteiger partial charge in [0, 0.05) is 86.3 Å². The lowest BCUT2D eigenvalue weighted by molar-refractivity contribution is 0.0944. The summed E-state index contributed by atoms with van der Waals surface area (Å²) in [7, 11) is 0. The van der Waals surface area contributed by atoms with Crippen molar-refractivity contribution >= 4 is 51.3 Å². The average Bonchev–Trinajstić information content (AvgIpc) is 4.01. The van der Waals surface area contributed by atoms with E-state index in [9.17, 15) is 9.59 Å². The highest BCUT2D eigenvalue weighted by Crippen LogP contribution is 2.32. The summed E-state index contributed by atoms with van der Waals surface area (Å²) in [5, 5.41) is 9.34. The van der Waals surface area contributed by atoms with Crippen LogP contribution in [0.15, 0.2) is 135 Å². The number of carbonyl (C=O) groups excluding carboxylic acids is 2. The van der Waals surface area contributed by atoms with Crippen LogP contribution >= 0.6 is 11.6 Å². The number of imidazole rings is 2. The van der Waals surface area contributed by atoms with Crippen molar-refractivity contribution in [1.29, 1.82) is 0 Å². The Hall–Kier alpha value is -7.03. The van der Waals surface area contributed by atoms with Gasteiger partial charge in [-0.3, -0.25) is 9.59 Å². The van der Waals surface area contributed by atoms with E-state index in [0.29, 0.717) is 46.1 Å². The normalized spacial score (nSPS) is 12.9. The zero-order chi connectivity index (χ0) is 43.2. The molecule has 3 N–H and O–H groups in total. The Labute approximate surface area is 370 Å². The molecule has 10 rings (SSSR count). The van der Waals surface area contributed by atoms with Gasteiger partial charge in [-0.15, -0.1) is 0 Å². The first-order valence-electron chi connectivity index (χ1n) is 21.3. The first-order valence-corrected chi connectivity index (χ1v) is 21.7. The van der Waals surface area contributed by atoms with E-state index in [-0.39, 0.29) is 11.8 Å². The molecule has 2 aliphatic rings. The number of carbonyl (C=O) groups is 2. The van der Waals surface area contributed by atoms with E-state index < -0.39 is 0 Å². The van der Waals surface area contributed by atoms with E-state index in [4.69, 9.17) is 21.6 Å². The summed E-state index contributed by atoms with van der Waals surface area (Å²) in [6, 6.07) is 30.6. The number of rotatable bonds is 13. The number of hydrogen-bond acceptors (Lipinski definition) is 10. The largest absolute Gasteiger partial charge is 0.355 e. The third-order valence-electron chi connectivity index (χ3n) is 10.6. The van der Waals surface area contributed by atoms with Crippen molar-refractivity contribution in [2.45, 2.75) is 38.8 Å². The number of amides is 2. The second kappa shape index (κ2) is 21.2. The topological polar surface area (TPSA) is 161 Å². The molecule has 0 saturated carbocycles. The van der Waals surface area contributed by atoms with Crippen molar-refractivity contribution in [3.63, 3.8) is 0 Å². The van der Waals surface area contributed by atoms with E-state index in [2.05, 4.69) is 52.9 Å². The highest BCUT2D eigenvalue weighted by molar-refractivity contribution is 6.32. The number of hydrogen-bond donors (Lipinski definition) is 3. The third kappa shape index (κ3) is 11.3. The molecular formula is C48H49ClN12O2. The van der Waals surface area contributed by atoms with Gasteiger partial charge in [-0.2, -0.15) is 0 Å². The average molecular weight is 861 g/mol. The Morgan fingerprint density at radius 2 is 1.10 bits per heavy atom. The molecule has 14 nitrogen and oxygen atoms in total. The number of nitrogens with zero attached hydrogens (tertiary/aromatic N) is 9. The molecule has 2 aliphatic heterocycles. The van der Waals surface area contributed by atoms with E-state index in [1.54, 1.807) is 43.2 Å². The van der Waals surface area contributed by atoms with Gasteiger partial charge < -0.3 is 30.0 Å². The van der Waals surface area contributed by atoms with Gasteiger partial charge in [-0.25, -0.2) is 29.9 Å². The first kappa shape index (κ1) is 42.7. The minimum Gasteiger partial charge on any atom is -0.355 e. The van der Waals surface area contributed by atoms with Gasteiger partial charge in [0.25, 0.3) is 11.8 Å². The van der Waals surface area contributed by atoms with Crippen molar-refractivity contribution < 1.29 is 9.59 Å². The van der Waals surface area contributed by atoms with Crippen molar-refractivity contribution in [3.05, 3.63) is 151 Å². The van der Waals surface area contributed by atoms with Crippen molar-refractivity contribution in [2.75, 3.05) is 44.2 Å². The Balaban J connectivity index is 0.000000159. The SMILES string of the molecule is C1CNC1.O=C(NCCCn1ccnc1)c1ccc2nc(-c3ccccc3)c(Cl)nc2c1.O=C(NCCCn1ccnc1)c1ccc2nc(-c3ccccc3)c(N3CCC3)nc2c1. The zero-order valence-electron chi connectivity index (χ0n) is 34.9. The van der Waals surface area contributed by atoms with Crippen molar-refractivity contribution in [3.8, 4) is 22.5 Å². The van der Waals surface area contributed by atoms with Gasteiger partial charge >= 0.3 is 0 Å². The van der Waals surface area contributed by atoms with Gasteiger partial charge in [0.15, 0.2) is 11.0 Å². The fourth-order valence-corrected chi connectivity index (χ4v) is 7.07. The number of aromatic nitrogens is 8. The highest BCUT2D eigenvalue weighted by atomic mass is 35.5. The summed E-state index contributed by atoms with van der Waals surface area (Å²) in [6.07, 6.45) is 15.1. The second-order valence-electron chi connectivity index (χ2n) is 15.2. The molecule has 2 fully saturated rings. The fourth-order valence-electron chi connectivity index (χ4n) is 6.82. The van der Waals surface area contributed by atoms with E-state index >= 15 is 0 Å². The van der Waals surface area contributed by atoms with Gasteiger partial charge in [0.2, 0.25) is 0 Å². The van der Waals surface area contributed by atoms with Crippen molar-refractivity contribution in [2.24, 2.45) is 0 Å². The van der Waals surface area contributed by atoms with Crippen LogP contribution in [-0.2, 0) is 13.1 Å². The van der Waals surface area contributed by atoms with Crippen LogP contribution in [0.4, 0.5) is 5.82 Å². The molecule has 0 unspecified atom stereocenters. The van der Waals surface area contributed by atoms with Crippen molar-refractivity contribution in [1.82, 2.24) is 55.0 Å². The first-order chi connectivity index (χ1) is 31.0. The zero-order valence-corrected chi connectivity index (χ0v) is 35.7. The number of fused-ring (bicyclic) bond motifs is 2. The monoisotopic (exact) mass is 860 g/mol. The maximum absolute atomic E-state index is 12.6. The van der Waals surface area contributed by atoms with Crippen LogP contribution in [0, 0.1) is 0 Å². The van der Waals surface area contributed by atoms with E-state index in [1.165, 1.54) is 19.5 Å². The highest BCUT2D eigenvalue weighted by Gasteiger charge is 2.22. The molecule has 8 aromatic rings. The molecule has 2 saturated heterocycles. The summed E-state index contributed by atoms with van der Waals surface area (Å²) in [5.41, 5.74) is 7.44. The molecule has 0 bridgehead atoms. The number of aryl methyl sites for hydroxylation is 2. The Bertz CT molecular complexity index is 2720. The van der Waals surface area contributed by atoms with Crippen LogP contribution in [0.2, 0.25) is 5.15 Å². The molecule has 320 valence electrons. The minimum absolute atomic E-state index is 0.0908. The van der Waals surface area contributed by atoms with Gasteiger partial charge in [0.05, 0.1) is 34.7 Å². The number of nitrogens with one attached hydrogen (secondary N) is 3. The quantitative estimate of drug-likeness (QED) is 0.0993. The smallest absolute Gasteiger partial charge is 0.251 e. The van der Waals surface area contributed by atoms with Crippen LogP contribution in [0.1, 0.15) is 46.4 Å². The van der Waals surface area contributed by atoms with E-state index in [0.717, 1.165) is 79.1 Å². The molecule has 0 radical (unpaired) electrons. The number of anilines is 1. The summed E-state index contributed by atoms with van der Waals surface area (Å²) < 4.78 is 3.98. The molecule has 6 heterocycles. The lowest BCUT2D eigenvalue weighted by atomic mass is 10.1. The lowest BCUT2D eigenvalue weighted by Gasteiger charge is -2.33. The molecule has 15 heteroatoms. The van der Waals surface area contributed by atoms with Gasteiger partial charge in [-0.1, -0.05) is 72.3 Å². The molecule has 4 aromatic carbocycles. The van der Waals surface area contributed by atoms with Crippen LogP contribution in [0.25, 0.3) is 44.6 Å². The molecular weight excluding hydrogens is 812 g/mol. The summed E-state index contributed by atoms with van der Waals surface area (Å²) in [5.74, 6) is 0.660. The number of halogens is 1.